The van der Waals surface area contributed by atoms with Crippen LogP contribution in [0.5, 0.6) is 0 Å². The van der Waals surface area contributed by atoms with Gasteiger partial charge in [0.2, 0.25) is 5.25 Å². The average molecular weight is 256 g/mol. The summed E-state index contributed by atoms with van der Waals surface area (Å²) < 4.78 is 27.2. The van der Waals surface area contributed by atoms with Crippen LogP contribution in [0, 0.1) is 0 Å². The van der Waals surface area contributed by atoms with Gasteiger partial charge < -0.3 is 4.74 Å². The van der Waals surface area contributed by atoms with Crippen molar-refractivity contribution in [3.63, 3.8) is 0 Å². The zero-order valence-corrected chi connectivity index (χ0v) is 10.2. The number of hydrogen-bond donors (Lipinski definition) is 0. The fourth-order valence-corrected chi connectivity index (χ4v) is 2.31. The van der Waals surface area contributed by atoms with Gasteiger partial charge in [-0.25, -0.2) is 8.42 Å². The van der Waals surface area contributed by atoms with Crippen LogP contribution in [0.15, 0.2) is 30.3 Å². The second-order valence-corrected chi connectivity index (χ2v) is 5.59. The van der Waals surface area contributed by atoms with Crippen molar-refractivity contribution in [3.05, 3.63) is 35.9 Å². The molecule has 0 aliphatic rings. The van der Waals surface area contributed by atoms with E-state index in [9.17, 15) is 18.0 Å². The Morgan fingerprint density at radius 3 is 2.12 bits per heavy atom. The van der Waals surface area contributed by atoms with Gasteiger partial charge in [0, 0.05) is 11.8 Å². The molecular weight excluding hydrogens is 244 g/mol. The van der Waals surface area contributed by atoms with Crippen LogP contribution in [0.1, 0.15) is 10.4 Å². The number of carbonyl (C=O) groups is 2. The maximum Gasteiger partial charge on any atom is 0.332 e. The number of benzene rings is 1. The molecule has 0 bridgehead atoms. The number of Topliss-reactive ketones (excluding diaryl/α,β-unsaturated/α-hetero) is 1. The molecule has 0 saturated carbocycles. The first-order chi connectivity index (χ1) is 7.88. The van der Waals surface area contributed by atoms with Crippen LogP contribution in [0.3, 0.4) is 0 Å². The normalized spacial score (nSPS) is 12.8. The van der Waals surface area contributed by atoms with Crippen LogP contribution < -0.4 is 0 Å². The van der Waals surface area contributed by atoms with E-state index in [1.54, 1.807) is 18.2 Å². The zero-order chi connectivity index (χ0) is 13.1. The predicted molar refractivity (Wildman–Crippen MR) is 61.4 cm³/mol. The lowest BCUT2D eigenvalue weighted by atomic mass is 10.1. The number of rotatable bonds is 4. The molecule has 0 aliphatic carbocycles. The molecule has 0 radical (unpaired) electrons. The number of esters is 1. The van der Waals surface area contributed by atoms with E-state index in [0.717, 1.165) is 13.4 Å². The molecular formula is C11H12O5S. The Hall–Kier alpha value is -1.69. The van der Waals surface area contributed by atoms with Gasteiger partial charge in [-0.2, -0.15) is 0 Å². The van der Waals surface area contributed by atoms with Crippen LogP contribution in [-0.4, -0.2) is 38.8 Å². The van der Waals surface area contributed by atoms with Crippen molar-refractivity contribution in [3.8, 4) is 0 Å². The van der Waals surface area contributed by atoms with Crippen molar-refractivity contribution in [2.75, 3.05) is 13.4 Å². The Kier molecular flexibility index (Phi) is 4.01. The van der Waals surface area contributed by atoms with Crippen molar-refractivity contribution < 1.29 is 22.7 Å². The van der Waals surface area contributed by atoms with Crippen LogP contribution >= 0.6 is 0 Å². The van der Waals surface area contributed by atoms with Gasteiger partial charge >= 0.3 is 5.97 Å². The monoisotopic (exact) mass is 256 g/mol. The first kappa shape index (κ1) is 13.4. The summed E-state index contributed by atoms with van der Waals surface area (Å²) in [6, 6.07) is 7.75. The Morgan fingerprint density at radius 2 is 1.71 bits per heavy atom. The molecule has 0 aromatic heterocycles. The van der Waals surface area contributed by atoms with E-state index < -0.39 is 26.8 Å². The fourth-order valence-electron chi connectivity index (χ4n) is 1.34. The van der Waals surface area contributed by atoms with Crippen LogP contribution in [0.2, 0.25) is 0 Å². The van der Waals surface area contributed by atoms with Gasteiger partial charge in [-0.1, -0.05) is 30.3 Å². The fraction of sp³-hybridized carbons (Fsp3) is 0.273. The van der Waals surface area contributed by atoms with E-state index in [-0.39, 0.29) is 5.56 Å². The quantitative estimate of drug-likeness (QED) is 0.444. The van der Waals surface area contributed by atoms with Gasteiger partial charge in [0.05, 0.1) is 7.11 Å². The van der Waals surface area contributed by atoms with Gasteiger partial charge in [-0.05, 0) is 0 Å². The standard InChI is InChI=1S/C11H12O5S/c1-16-11(13)10(17(2,14)15)9(12)8-6-4-3-5-7-8/h3-7,10H,1-2H3. The van der Waals surface area contributed by atoms with Crippen LogP contribution in [0.4, 0.5) is 0 Å². The summed E-state index contributed by atoms with van der Waals surface area (Å²) in [4.78, 5) is 23.3. The minimum atomic E-state index is -3.85. The minimum Gasteiger partial charge on any atom is -0.468 e. The lowest BCUT2D eigenvalue weighted by Crippen LogP contribution is -2.38. The Bertz CT molecular complexity index is 518. The van der Waals surface area contributed by atoms with Gasteiger partial charge in [0.25, 0.3) is 0 Å². The molecule has 1 rings (SSSR count). The number of ketones is 1. The first-order valence-electron chi connectivity index (χ1n) is 4.74. The summed E-state index contributed by atoms with van der Waals surface area (Å²) in [5, 5.41) is -1.80. The highest BCUT2D eigenvalue weighted by molar-refractivity contribution is 7.92. The van der Waals surface area contributed by atoms with Gasteiger partial charge in [-0.3, -0.25) is 9.59 Å². The first-order valence-corrected chi connectivity index (χ1v) is 6.69. The number of sulfone groups is 1. The van der Waals surface area contributed by atoms with Crippen molar-refractivity contribution in [2.45, 2.75) is 5.25 Å². The second kappa shape index (κ2) is 5.09. The Labute approximate surface area is 99.3 Å². The third-order valence-electron chi connectivity index (χ3n) is 2.14. The van der Waals surface area contributed by atoms with Crippen molar-refractivity contribution in [1.29, 1.82) is 0 Å². The molecule has 0 amide bonds. The highest BCUT2D eigenvalue weighted by Gasteiger charge is 2.37. The molecule has 1 atom stereocenters. The molecule has 6 heteroatoms. The molecule has 0 aliphatic heterocycles. The second-order valence-electron chi connectivity index (χ2n) is 3.46. The van der Waals surface area contributed by atoms with E-state index in [2.05, 4.69) is 4.74 Å². The predicted octanol–water partition coefficient (Wildman–Crippen LogP) is 0.455. The van der Waals surface area contributed by atoms with Crippen LogP contribution in [0.25, 0.3) is 0 Å². The maximum absolute atomic E-state index is 11.9. The minimum absolute atomic E-state index is 0.160. The summed E-state index contributed by atoms with van der Waals surface area (Å²) >= 11 is 0. The smallest absolute Gasteiger partial charge is 0.332 e. The number of hydrogen-bond acceptors (Lipinski definition) is 5. The lowest BCUT2D eigenvalue weighted by Gasteiger charge is -2.11. The van der Waals surface area contributed by atoms with Crippen LogP contribution in [-0.2, 0) is 19.4 Å². The van der Waals surface area contributed by atoms with Gasteiger partial charge in [0.1, 0.15) is 0 Å². The van der Waals surface area contributed by atoms with E-state index >= 15 is 0 Å². The molecule has 1 aromatic carbocycles. The Balaban J connectivity index is 3.18. The number of methoxy groups -OCH3 is 1. The third kappa shape index (κ3) is 3.13. The molecule has 17 heavy (non-hydrogen) atoms. The summed E-state index contributed by atoms with van der Waals surface area (Å²) in [5.41, 5.74) is 0.160. The van der Waals surface area contributed by atoms with Crippen molar-refractivity contribution >= 4 is 21.6 Å². The number of ether oxygens (including phenoxy) is 1. The largest absolute Gasteiger partial charge is 0.468 e. The molecule has 0 spiro atoms. The van der Waals surface area contributed by atoms with E-state index in [1.165, 1.54) is 12.1 Å². The van der Waals surface area contributed by atoms with E-state index in [1.807, 2.05) is 0 Å². The van der Waals surface area contributed by atoms with Crippen molar-refractivity contribution in [1.82, 2.24) is 0 Å². The van der Waals surface area contributed by atoms with Gasteiger partial charge in [-0.15, -0.1) is 0 Å². The zero-order valence-electron chi connectivity index (χ0n) is 9.41. The molecule has 92 valence electrons. The summed E-state index contributed by atoms with van der Waals surface area (Å²) in [7, 11) is -2.81. The topological polar surface area (TPSA) is 77.5 Å². The number of carbonyl (C=O) groups excluding carboxylic acids is 2. The van der Waals surface area contributed by atoms with Gasteiger partial charge in [0.15, 0.2) is 15.6 Å². The Morgan fingerprint density at radius 1 is 1.18 bits per heavy atom. The molecule has 0 heterocycles. The molecule has 5 nitrogen and oxygen atoms in total. The van der Waals surface area contributed by atoms with E-state index in [0.29, 0.717) is 0 Å². The summed E-state index contributed by atoms with van der Waals surface area (Å²) in [6.45, 7) is 0. The molecule has 1 unspecified atom stereocenters. The van der Waals surface area contributed by atoms with Crippen molar-refractivity contribution in [2.24, 2.45) is 0 Å². The molecule has 1 aromatic rings. The van der Waals surface area contributed by atoms with E-state index in [4.69, 9.17) is 0 Å². The highest BCUT2D eigenvalue weighted by atomic mass is 32.2. The summed E-state index contributed by atoms with van der Waals surface area (Å²) in [5.74, 6) is -1.85. The average Bonchev–Trinajstić information content (AvgIpc) is 2.28. The molecule has 0 N–H and O–H groups in total. The lowest BCUT2D eigenvalue weighted by molar-refractivity contribution is -0.139. The molecule has 0 fully saturated rings. The third-order valence-corrected chi connectivity index (χ3v) is 3.40. The maximum atomic E-state index is 11.9. The highest BCUT2D eigenvalue weighted by Crippen LogP contribution is 2.11. The SMILES string of the molecule is COC(=O)C(C(=O)c1ccccc1)S(C)(=O)=O. The molecule has 0 saturated heterocycles. The summed E-state index contributed by atoms with van der Waals surface area (Å²) in [6.07, 6.45) is 0.829.